The van der Waals surface area contributed by atoms with Gasteiger partial charge in [-0.25, -0.2) is 0 Å². The molecule has 1 N–H and O–H groups in total. The Hall–Kier alpha value is -0.530. The fourth-order valence-electron chi connectivity index (χ4n) is 3.13. The van der Waals surface area contributed by atoms with Gasteiger partial charge in [-0.3, -0.25) is 4.79 Å². The van der Waals surface area contributed by atoms with Crippen molar-refractivity contribution in [1.29, 1.82) is 0 Å². The number of aliphatic carboxylic acids is 1. The molecule has 0 saturated heterocycles. The molecule has 0 bridgehead atoms. The zero-order valence-electron chi connectivity index (χ0n) is 7.49. The average Bonchev–Trinajstić information content (AvgIpc) is 2.45. The summed E-state index contributed by atoms with van der Waals surface area (Å²) in [5, 5.41) is 8.62. The molecule has 2 aliphatic carbocycles. The minimum absolute atomic E-state index is 0.373. The maximum Gasteiger partial charge on any atom is 0.303 e. The lowest BCUT2D eigenvalue weighted by molar-refractivity contribution is -0.138. The summed E-state index contributed by atoms with van der Waals surface area (Å²) in [5.74, 6) is 2.35. The van der Waals surface area contributed by atoms with Crippen LogP contribution in [0, 0.1) is 23.7 Å². The summed E-state index contributed by atoms with van der Waals surface area (Å²) in [6.45, 7) is 2.09. The molecule has 2 fully saturated rings. The molecule has 0 spiro atoms. The van der Waals surface area contributed by atoms with Crippen LogP contribution in [0.4, 0.5) is 0 Å². The van der Waals surface area contributed by atoms with E-state index in [-0.39, 0.29) is 0 Å². The van der Waals surface area contributed by atoms with Gasteiger partial charge in [0.05, 0.1) is 0 Å². The van der Waals surface area contributed by atoms with Crippen LogP contribution in [0.15, 0.2) is 0 Å². The van der Waals surface area contributed by atoms with Crippen molar-refractivity contribution in [3.8, 4) is 0 Å². The molecule has 2 aliphatic rings. The van der Waals surface area contributed by atoms with Gasteiger partial charge in [0.1, 0.15) is 0 Å². The number of carboxylic acids is 1. The first-order chi connectivity index (χ1) is 5.70. The Morgan fingerprint density at radius 2 is 2.08 bits per heavy atom. The number of fused-ring (bicyclic) bond motifs is 1. The molecule has 3 atom stereocenters. The van der Waals surface area contributed by atoms with E-state index in [1.807, 2.05) is 0 Å². The largest absolute Gasteiger partial charge is 0.481 e. The fourth-order valence-corrected chi connectivity index (χ4v) is 3.13. The van der Waals surface area contributed by atoms with Crippen LogP contribution in [-0.2, 0) is 4.79 Å². The molecule has 0 amide bonds. The van der Waals surface area contributed by atoms with Crippen LogP contribution in [0.5, 0.6) is 0 Å². The zero-order chi connectivity index (χ0) is 8.72. The summed E-state index contributed by atoms with van der Waals surface area (Å²) in [4.78, 5) is 10.5. The van der Waals surface area contributed by atoms with Gasteiger partial charge in [-0.1, -0.05) is 13.3 Å². The molecule has 3 unspecified atom stereocenters. The third-order valence-corrected chi connectivity index (χ3v) is 3.63. The van der Waals surface area contributed by atoms with Gasteiger partial charge < -0.3 is 5.11 Å². The van der Waals surface area contributed by atoms with Crippen molar-refractivity contribution in [2.45, 2.75) is 32.6 Å². The number of carbonyl (C=O) groups is 1. The first-order valence-corrected chi connectivity index (χ1v) is 4.92. The molecule has 0 aromatic rings. The van der Waals surface area contributed by atoms with Crippen molar-refractivity contribution in [2.24, 2.45) is 23.7 Å². The van der Waals surface area contributed by atoms with Crippen molar-refractivity contribution in [2.75, 3.05) is 0 Å². The van der Waals surface area contributed by atoms with Crippen LogP contribution in [0.1, 0.15) is 32.6 Å². The van der Waals surface area contributed by atoms with E-state index in [2.05, 4.69) is 6.92 Å². The molecule has 2 saturated carbocycles. The quantitative estimate of drug-likeness (QED) is 0.701. The molecule has 0 radical (unpaired) electrons. The number of carboxylic acid groups (broad SMARTS) is 1. The van der Waals surface area contributed by atoms with Gasteiger partial charge in [0.2, 0.25) is 0 Å². The number of rotatable bonds is 3. The minimum atomic E-state index is -0.632. The van der Waals surface area contributed by atoms with Crippen molar-refractivity contribution in [3.63, 3.8) is 0 Å². The van der Waals surface area contributed by atoms with Gasteiger partial charge in [-0.05, 0) is 36.5 Å². The summed E-state index contributed by atoms with van der Waals surface area (Å²) in [6.07, 6.45) is 4.47. The molecule has 12 heavy (non-hydrogen) atoms. The van der Waals surface area contributed by atoms with E-state index in [1.54, 1.807) is 0 Å². The van der Waals surface area contributed by atoms with E-state index in [4.69, 9.17) is 5.11 Å². The Balaban J connectivity index is 1.83. The van der Waals surface area contributed by atoms with Crippen LogP contribution in [0.25, 0.3) is 0 Å². The van der Waals surface area contributed by atoms with Crippen LogP contribution in [0.2, 0.25) is 0 Å². The van der Waals surface area contributed by atoms with E-state index < -0.39 is 5.97 Å². The van der Waals surface area contributed by atoms with Crippen LogP contribution < -0.4 is 0 Å². The molecule has 2 nitrogen and oxygen atoms in total. The lowest BCUT2D eigenvalue weighted by Crippen LogP contribution is -2.08. The first-order valence-electron chi connectivity index (χ1n) is 4.92. The van der Waals surface area contributed by atoms with Crippen LogP contribution >= 0.6 is 0 Å². The smallest absolute Gasteiger partial charge is 0.303 e. The third-order valence-electron chi connectivity index (χ3n) is 3.63. The standard InChI is InChI=1S/C10H16O2/c1-6(5-9(11)12)10-7-3-2-4-8(7)10/h6-8,10H,2-5H2,1H3,(H,11,12). The average molecular weight is 168 g/mol. The fraction of sp³-hybridized carbons (Fsp3) is 0.900. The predicted molar refractivity (Wildman–Crippen MR) is 45.7 cm³/mol. The van der Waals surface area contributed by atoms with Crippen LogP contribution in [-0.4, -0.2) is 11.1 Å². The Morgan fingerprint density at radius 1 is 1.50 bits per heavy atom. The highest BCUT2D eigenvalue weighted by Gasteiger charge is 2.54. The normalized spacial score (nSPS) is 40.6. The first kappa shape index (κ1) is 8.09. The zero-order valence-corrected chi connectivity index (χ0v) is 7.49. The molecule has 0 aromatic carbocycles. The Morgan fingerprint density at radius 3 is 2.58 bits per heavy atom. The number of hydrogen-bond donors (Lipinski definition) is 1. The Labute approximate surface area is 73.0 Å². The Bertz CT molecular complexity index is 190. The van der Waals surface area contributed by atoms with Crippen molar-refractivity contribution in [3.05, 3.63) is 0 Å². The summed E-state index contributed by atoms with van der Waals surface area (Å²) in [5.41, 5.74) is 0. The molecular weight excluding hydrogens is 152 g/mol. The summed E-state index contributed by atoms with van der Waals surface area (Å²) in [6, 6.07) is 0. The topological polar surface area (TPSA) is 37.3 Å². The van der Waals surface area contributed by atoms with E-state index in [9.17, 15) is 4.79 Å². The second kappa shape index (κ2) is 2.75. The second-order valence-corrected chi connectivity index (χ2v) is 4.41. The third kappa shape index (κ3) is 1.23. The van der Waals surface area contributed by atoms with Crippen molar-refractivity contribution in [1.82, 2.24) is 0 Å². The summed E-state index contributed by atoms with van der Waals surface area (Å²) in [7, 11) is 0. The second-order valence-electron chi connectivity index (χ2n) is 4.41. The van der Waals surface area contributed by atoms with Gasteiger partial charge >= 0.3 is 5.97 Å². The van der Waals surface area contributed by atoms with Gasteiger partial charge in [0.25, 0.3) is 0 Å². The van der Waals surface area contributed by atoms with Gasteiger partial charge in [0.15, 0.2) is 0 Å². The van der Waals surface area contributed by atoms with E-state index in [1.165, 1.54) is 19.3 Å². The molecular formula is C10H16O2. The maximum absolute atomic E-state index is 10.5. The Kier molecular flexibility index (Phi) is 1.85. The minimum Gasteiger partial charge on any atom is -0.481 e. The SMILES string of the molecule is CC(CC(=O)O)C1C2CCCC21. The lowest BCUT2D eigenvalue weighted by Gasteiger charge is -2.09. The lowest BCUT2D eigenvalue weighted by atomic mass is 9.96. The number of hydrogen-bond acceptors (Lipinski definition) is 1. The van der Waals surface area contributed by atoms with Crippen molar-refractivity contribution < 1.29 is 9.90 Å². The highest BCUT2D eigenvalue weighted by atomic mass is 16.4. The van der Waals surface area contributed by atoms with E-state index in [0.717, 1.165) is 17.8 Å². The van der Waals surface area contributed by atoms with Crippen LogP contribution in [0.3, 0.4) is 0 Å². The van der Waals surface area contributed by atoms with E-state index >= 15 is 0 Å². The molecule has 0 heterocycles. The van der Waals surface area contributed by atoms with Crippen molar-refractivity contribution >= 4 is 5.97 Å². The highest BCUT2D eigenvalue weighted by molar-refractivity contribution is 5.67. The molecule has 2 heteroatoms. The van der Waals surface area contributed by atoms with Gasteiger partial charge in [-0.2, -0.15) is 0 Å². The molecule has 0 aliphatic heterocycles. The maximum atomic E-state index is 10.5. The summed E-state index contributed by atoms with van der Waals surface area (Å²) >= 11 is 0. The van der Waals surface area contributed by atoms with E-state index in [0.29, 0.717) is 12.3 Å². The molecule has 68 valence electrons. The predicted octanol–water partition coefficient (Wildman–Crippen LogP) is 2.14. The highest BCUT2D eigenvalue weighted by Crippen LogP contribution is 2.61. The van der Waals surface area contributed by atoms with Gasteiger partial charge in [-0.15, -0.1) is 0 Å². The molecule has 2 rings (SSSR count). The molecule has 0 aromatic heterocycles. The monoisotopic (exact) mass is 168 g/mol. The summed E-state index contributed by atoms with van der Waals surface area (Å²) < 4.78 is 0. The van der Waals surface area contributed by atoms with Gasteiger partial charge in [0, 0.05) is 6.42 Å².